The van der Waals surface area contributed by atoms with Gasteiger partial charge in [-0.05, 0) is 43.3 Å². The second-order valence-electron chi connectivity index (χ2n) is 4.29. The monoisotopic (exact) mass is 269 g/mol. The normalized spacial score (nSPS) is 11.5. The molecule has 20 heavy (non-hydrogen) atoms. The highest BCUT2D eigenvalue weighted by Gasteiger charge is 2.15. The second kappa shape index (κ2) is 6.09. The maximum Gasteiger partial charge on any atom is 0.136 e. The van der Waals surface area contributed by atoms with Crippen LogP contribution in [0.15, 0.2) is 42.5 Å². The van der Waals surface area contributed by atoms with Gasteiger partial charge in [-0.3, -0.25) is 0 Å². The summed E-state index contributed by atoms with van der Waals surface area (Å²) in [4.78, 5) is 0. The first-order chi connectivity index (χ1) is 9.65. The first-order valence-electron chi connectivity index (χ1n) is 6.18. The van der Waals surface area contributed by atoms with Gasteiger partial charge in [0, 0.05) is 0 Å². The Morgan fingerprint density at radius 1 is 1.10 bits per heavy atom. The van der Waals surface area contributed by atoms with Gasteiger partial charge in [-0.1, -0.05) is 6.07 Å². The molecular formula is C16H15NO3. The fourth-order valence-corrected chi connectivity index (χ4v) is 1.93. The van der Waals surface area contributed by atoms with Crippen LogP contribution in [0.1, 0.15) is 24.2 Å². The lowest BCUT2D eigenvalue weighted by Gasteiger charge is -2.16. The number of methoxy groups -OCH3 is 1. The predicted molar refractivity (Wildman–Crippen MR) is 74.9 cm³/mol. The third kappa shape index (κ3) is 2.90. The van der Waals surface area contributed by atoms with Crippen molar-refractivity contribution in [1.29, 1.82) is 5.26 Å². The molecule has 0 heterocycles. The highest BCUT2D eigenvalue weighted by Crippen LogP contribution is 2.36. The Morgan fingerprint density at radius 3 is 2.30 bits per heavy atom. The van der Waals surface area contributed by atoms with Crippen LogP contribution in [-0.4, -0.2) is 12.2 Å². The molecule has 1 atom stereocenters. The zero-order chi connectivity index (χ0) is 14.5. The fraction of sp³-hybridized carbons (Fsp3) is 0.188. The lowest BCUT2D eigenvalue weighted by Crippen LogP contribution is -2.00. The van der Waals surface area contributed by atoms with Crippen molar-refractivity contribution < 1.29 is 14.6 Å². The maximum absolute atomic E-state index is 9.87. The summed E-state index contributed by atoms with van der Waals surface area (Å²) in [6.45, 7) is 1.66. The third-order valence-electron chi connectivity index (χ3n) is 2.88. The Balaban J connectivity index is 2.35. The molecule has 0 fully saturated rings. The Kier molecular flexibility index (Phi) is 4.24. The van der Waals surface area contributed by atoms with Crippen molar-refractivity contribution in [2.75, 3.05) is 7.11 Å². The van der Waals surface area contributed by atoms with E-state index in [1.54, 1.807) is 56.5 Å². The smallest absolute Gasteiger partial charge is 0.136 e. The molecule has 0 saturated carbocycles. The zero-order valence-electron chi connectivity index (χ0n) is 11.3. The van der Waals surface area contributed by atoms with Crippen molar-refractivity contribution >= 4 is 0 Å². The van der Waals surface area contributed by atoms with Gasteiger partial charge in [0.25, 0.3) is 0 Å². The lowest BCUT2D eigenvalue weighted by atomic mass is 10.1. The summed E-state index contributed by atoms with van der Waals surface area (Å²) in [5.41, 5.74) is 1.16. The molecule has 0 bridgehead atoms. The molecule has 0 unspecified atom stereocenters. The number of benzene rings is 2. The molecule has 0 aliphatic carbocycles. The van der Waals surface area contributed by atoms with Gasteiger partial charge in [-0.15, -0.1) is 0 Å². The standard InChI is InChI=1S/C16H15NO3/c1-11(18)16-14(19-2)4-3-5-15(16)20-13-8-6-12(10-17)7-9-13/h3-9,11,18H,1-2H3/t11-/m1/s1. The molecule has 2 aromatic rings. The van der Waals surface area contributed by atoms with E-state index in [2.05, 4.69) is 6.07 Å². The molecule has 2 aromatic carbocycles. The minimum Gasteiger partial charge on any atom is -0.496 e. The van der Waals surface area contributed by atoms with E-state index < -0.39 is 6.10 Å². The molecule has 4 heteroatoms. The number of ether oxygens (including phenoxy) is 2. The predicted octanol–water partition coefficient (Wildman–Crippen LogP) is 3.41. The zero-order valence-corrected chi connectivity index (χ0v) is 11.3. The summed E-state index contributed by atoms with van der Waals surface area (Å²) in [6.07, 6.45) is -0.709. The largest absolute Gasteiger partial charge is 0.496 e. The molecule has 1 N–H and O–H groups in total. The average Bonchev–Trinajstić information content (AvgIpc) is 2.47. The number of aliphatic hydroxyl groups is 1. The Bertz CT molecular complexity index is 627. The van der Waals surface area contributed by atoms with Crippen LogP contribution < -0.4 is 9.47 Å². The van der Waals surface area contributed by atoms with E-state index in [9.17, 15) is 5.11 Å². The van der Waals surface area contributed by atoms with Crippen LogP contribution in [0, 0.1) is 11.3 Å². The molecule has 102 valence electrons. The van der Waals surface area contributed by atoms with Crippen LogP contribution in [0.2, 0.25) is 0 Å². The van der Waals surface area contributed by atoms with E-state index in [-0.39, 0.29) is 0 Å². The molecule has 4 nitrogen and oxygen atoms in total. The quantitative estimate of drug-likeness (QED) is 0.923. The van der Waals surface area contributed by atoms with E-state index in [0.29, 0.717) is 28.4 Å². The van der Waals surface area contributed by atoms with Gasteiger partial charge in [-0.2, -0.15) is 5.26 Å². The first kappa shape index (κ1) is 13.9. The first-order valence-corrected chi connectivity index (χ1v) is 6.18. The Labute approximate surface area is 117 Å². The maximum atomic E-state index is 9.87. The van der Waals surface area contributed by atoms with Crippen molar-refractivity contribution in [3.8, 4) is 23.3 Å². The van der Waals surface area contributed by atoms with E-state index >= 15 is 0 Å². The number of rotatable bonds is 4. The molecule has 0 saturated heterocycles. The minimum absolute atomic E-state index is 0.532. The molecule has 0 aliphatic rings. The minimum atomic E-state index is -0.709. The summed E-state index contributed by atoms with van der Waals surface area (Å²) in [7, 11) is 1.55. The SMILES string of the molecule is COc1cccc(Oc2ccc(C#N)cc2)c1[C@@H](C)O. The molecule has 0 aliphatic heterocycles. The number of hydrogen-bond acceptors (Lipinski definition) is 4. The van der Waals surface area contributed by atoms with Gasteiger partial charge in [0.2, 0.25) is 0 Å². The Hall–Kier alpha value is -2.51. The van der Waals surface area contributed by atoms with E-state index in [1.165, 1.54) is 0 Å². The van der Waals surface area contributed by atoms with Crippen LogP contribution in [0.4, 0.5) is 0 Å². The summed E-state index contributed by atoms with van der Waals surface area (Å²) >= 11 is 0. The van der Waals surface area contributed by atoms with Crippen molar-refractivity contribution in [1.82, 2.24) is 0 Å². The van der Waals surface area contributed by atoms with Crippen molar-refractivity contribution in [2.24, 2.45) is 0 Å². The van der Waals surface area contributed by atoms with Gasteiger partial charge >= 0.3 is 0 Å². The summed E-state index contributed by atoms with van der Waals surface area (Å²) in [6, 6.07) is 14.2. The van der Waals surface area contributed by atoms with Gasteiger partial charge in [0.15, 0.2) is 0 Å². The number of hydrogen-bond donors (Lipinski definition) is 1. The van der Waals surface area contributed by atoms with Crippen molar-refractivity contribution in [3.63, 3.8) is 0 Å². The molecule has 0 aromatic heterocycles. The van der Waals surface area contributed by atoms with Gasteiger partial charge in [0.05, 0.1) is 30.4 Å². The third-order valence-corrected chi connectivity index (χ3v) is 2.88. The van der Waals surface area contributed by atoms with Crippen molar-refractivity contribution in [3.05, 3.63) is 53.6 Å². The summed E-state index contributed by atoms with van der Waals surface area (Å²) < 4.78 is 11.0. The molecular weight excluding hydrogens is 254 g/mol. The van der Waals surface area contributed by atoms with Gasteiger partial charge in [-0.25, -0.2) is 0 Å². The number of nitriles is 1. The highest BCUT2D eigenvalue weighted by atomic mass is 16.5. The van der Waals surface area contributed by atoms with Crippen molar-refractivity contribution in [2.45, 2.75) is 13.0 Å². The summed E-state index contributed by atoms with van der Waals surface area (Å²) in [5, 5.41) is 18.6. The van der Waals surface area contributed by atoms with E-state index in [4.69, 9.17) is 14.7 Å². The molecule has 2 rings (SSSR count). The van der Waals surface area contributed by atoms with E-state index in [0.717, 1.165) is 0 Å². The van der Waals surface area contributed by atoms with Gasteiger partial charge in [0.1, 0.15) is 17.2 Å². The number of nitrogens with zero attached hydrogens (tertiary/aromatic N) is 1. The molecule has 0 spiro atoms. The van der Waals surface area contributed by atoms with Crippen LogP contribution >= 0.6 is 0 Å². The van der Waals surface area contributed by atoms with Crippen LogP contribution in [-0.2, 0) is 0 Å². The average molecular weight is 269 g/mol. The second-order valence-corrected chi connectivity index (χ2v) is 4.29. The summed E-state index contributed by atoms with van der Waals surface area (Å²) in [5.74, 6) is 1.70. The fourth-order valence-electron chi connectivity index (χ4n) is 1.93. The van der Waals surface area contributed by atoms with Crippen LogP contribution in [0.25, 0.3) is 0 Å². The van der Waals surface area contributed by atoms with E-state index in [1.807, 2.05) is 0 Å². The topological polar surface area (TPSA) is 62.5 Å². The Morgan fingerprint density at radius 2 is 1.75 bits per heavy atom. The lowest BCUT2D eigenvalue weighted by molar-refractivity contribution is 0.190. The van der Waals surface area contributed by atoms with Gasteiger partial charge < -0.3 is 14.6 Å². The number of aliphatic hydroxyl groups excluding tert-OH is 1. The van der Waals surface area contributed by atoms with Crippen LogP contribution in [0.5, 0.6) is 17.2 Å². The molecule has 0 radical (unpaired) electrons. The molecule has 0 amide bonds. The van der Waals surface area contributed by atoms with Crippen LogP contribution in [0.3, 0.4) is 0 Å². The highest BCUT2D eigenvalue weighted by molar-refractivity contribution is 5.48.